The minimum Gasteiger partial charge on any atom is -0.744 e. The number of ether oxygens (including phenoxy) is 2. The fourth-order valence-corrected chi connectivity index (χ4v) is 7.10. The number of aromatic nitrogens is 6. The molecular formula is C41H41N12NaO5S. The fourth-order valence-electron chi connectivity index (χ4n) is 6.41. The largest absolute Gasteiger partial charge is 1.00 e. The van der Waals surface area contributed by atoms with E-state index in [1.807, 2.05) is 90.7 Å². The average molecular weight is 837 g/mol. The maximum Gasteiger partial charge on any atom is 1.00 e. The van der Waals surface area contributed by atoms with E-state index in [-0.39, 0.29) is 41.1 Å². The van der Waals surface area contributed by atoms with Crippen molar-refractivity contribution in [2.45, 2.75) is 11.8 Å². The standard InChI is InChI=1S/C41H42N12O5S.Na/c1-28-26-33(44-38-46-36(42-31-8-4-2-5-9-31)48-40(50-38)52-18-22-57-23-19-52)16-14-29(28)12-13-30-15-17-34(27-35(30)59(54,55)56)45-39-47-37(43-32-10-6-3-7-11-32)49-41(51-39)53-20-24-58-25-21-53;/h2-17,26-27H,18-25H2,1H3,(H,54,55,56)(H2,42,44,46,48,50)(H2,43,45,47,49,51);/q;+1/p-1/b13-12+;. The predicted molar refractivity (Wildman–Crippen MR) is 226 cm³/mol. The van der Waals surface area contributed by atoms with Gasteiger partial charge in [-0.25, -0.2) is 8.42 Å². The number of hydrogen-bond acceptors (Lipinski definition) is 17. The minimum absolute atomic E-state index is 0. The smallest absolute Gasteiger partial charge is 0.744 e. The minimum atomic E-state index is -4.89. The second kappa shape index (κ2) is 19.6. The van der Waals surface area contributed by atoms with Crippen LogP contribution in [0.3, 0.4) is 0 Å². The van der Waals surface area contributed by atoms with E-state index in [1.54, 1.807) is 24.3 Å². The number of hydrogen-bond donors (Lipinski definition) is 4. The Morgan fingerprint density at radius 1 is 0.550 bits per heavy atom. The summed E-state index contributed by atoms with van der Waals surface area (Å²) in [7, 11) is -4.89. The first-order valence-electron chi connectivity index (χ1n) is 19.0. The third kappa shape index (κ3) is 11.1. The maximum absolute atomic E-state index is 12.6. The Balaban J connectivity index is 0.00000544. The average Bonchev–Trinajstić information content (AvgIpc) is 3.24. The summed E-state index contributed by atoms with van der Waals surface area (Å²) in [4.78, 5) is 31.4. The molecule has 2 saturated heterocycles. The Morgan fingerprint density at radius 2 is 0.950 bits per heavy atom. The number of benzene rings is 4. The van der Waals surface area contributed by atoms with E-state index in [0.717, 1.165) is 28.2 Å². The van der Waals surface area contributed by atoms with Crippen LogP contribution in [0.4, 0.5) is 58.4 Å². The zero-order valence-corrected chi connectivity index (χ0v) is 35.9. The molecule has 0 amide bonds. The SMILES string of the molecule is Cc1cc(Nc2nc(Nc3ccccc3)nc(N3CCOCC3)n2)ccc1/C=C/c1ccc(Nc2nc(Nc3ccccc3)nc(N3CCOCC3)n2)cc1S(=O)(=O)[O-].[Na+]. The molecule has 0 aliphatic carbocycles. The molecule has 0 spiro atoms. The van der Waals surface area contributed by atoms with Crippen molar-refractivity contribution in [1.82, 2.24) is 29.9 Å². The monoisotopic (exact) mass is 836 g/mol. The number of aryl methyl sites for hydroxylation is 1. The first-order chi connectivity index (χ1) is 28.7. The summed E-state index contributed by atoms with van der Waals surface area (Å²) in [6.07, 6.45) is 3.37. The summed E-state index contributed by atoms with van der Waals surface area (Å²) in [5, 5.41) is 12.8. The van der Waals surface area contributed by atoms with Crippen LogP contribution in [0.15, 0.2) is 102 Å². The summed E-state index contributed by atoms with van der Waals surface area (Å²) in [6, 6.07) is 29.3. The van der Waals surface area contributed by atoms with Crippen LogP contribution in [0.25, 0.3) is 12.2 Å². The molecule has 0 bridgehead atoms. The quantitative estimate of drug-likeness (QED) is 0.0749. The molecule has 2 aliphatic rings. The Morgan fingerprint density at radius 3 is 1.38 bits per heavy atom. The van der Waals surface area contributed by atoms with E-state index in [0.29, 0.717) is 88.0 Å². The number of rotatable bonds is 13. The molecule has 0 saturated carbocycles. The van der Waals surface area contributed by atoms with Gasteiger partial charge in [-0.2, -0.15) is 29.9 Å². The third-order valence-corrected chi connectivity index (χ3v) is 10.3. The molecular weight excluding hydrogens is 796 g/mol. The summed E-state index contributed by atoms with van der Waals surface area (Å²) >= 11 is 0. The predicted octanol–water partition coefficient (Wildman–Crippen LogP) is 3.09. The summed E-state index contributed by atoms with van der Waals surface area (Å²) in [5.74, 6) is 2.17. The third-order valence-electron chi connectivity index (χ3n) is 9.40. The molecule has 4 heterocycles. The van der Waals surface area contributed by atoms with Gasteiger partial charge in [0.25, 0.3) is 0 Å². The van der Waals surface area contributed by atoms with Crippen molar-refractivity contribution in [3.63, 3.8) is 0 Å². The van der Waals surface area contributed by atoms with Crippen LogP contribution in [0, 0.1) is 6.92 Å². The van der Waals surface area contributed by atoms with Gasteiger partial charge < -0.3 is 45.1 Å². The summed E-state index contributed by atoms with van der Waals surface area (Å²) in [6.45, 7) is 6.66. The van der Waals surface area contributed by atoms with Crippen molar-refractivity contribution in [2.24, 2.45) is 0 Å². The zero-order valence-electron chi connectivity index (χ0n) is 33.1. The first kappa shape index (κ1) is 42.4. The van der Waals surface area contributed by atoms with E-state index in [4.69, 9.17) is 14.5 Å². The summed E-state index contributed by atoms with van der Waals surface area (Å²) < 4.78 is 48.8. The van der Waals surface area contributed by atoms with Crippen LogP contribution < -0.4 is 60.6 Å². The number of nitrogens with zero attached hydrogens (tertiary/aromatic N) is 8. The van der Waals surface area contributed by atoms with Crippen LogP contribution in [0.5, 0.6) is 0 Å². The van der Waals surface area contributed by atoms with Gasteiger partial charge in [0, 0.05) is 48.9 Å². The molecule has 302 valence electrons. The molecule has 2 aliphatic heterocycles. The van der Waals surface area contributed by atoms with Crippen molar-refractivity contribution in [3.8, 4) is 0 Å². The van der Waals surface area contributed by atoms with Crippen LogP contribution in [0.2, 0.25) is 0 Å². The van der Waals surface area contributed by atoms with E-state index >= 15 is 0 Å². The molecule has 8 rings (SSSR count). The molecule has 60 heavy (non-hydrogen) atoms. The Bertz CT molecular complexity index is 2540. The Kier molecular flexibility index (Phi) is 13.8. The van der Waals surface area contributed by atoms with Gasteiger partial charge in [0.15, 0.2) is 0 Å². The fraction of sp³-hybridized carbons (Fsp3) is 0.220. The molecule has 4 aromatic carbocycles. The van der Waals surface area contributed by atoms with E-state index in [2.05, 4.69) is 51.1 Å². The Hall–Kier alpha value is -5.73. The van der Waals surface area contributed by atoms with Gasteiger partial charge in [-0.05, 0) is 72.1 Å². The molecule has 2 fully saturated rings. The molecule has 0 radical (unpaired) electrons. The first-order valence-corrected chi connectivity index (χ1v) is 20.4. The van der Waals surface area contributed by atoms with E-state index in [9.17, 15) is 13.0 Å². The van der Waals surface area contributed by atoms with Gasteiger partial charge in [-0.3, -0.25) is 0 Å². The number of morpholine rings is 2. The number of nitrogens with one attached hydrogen (secondary N) is 4. The van der Waals surface area contributed by atoms with Crippen LogP contribution in [-0.4, -0.2) is 95.5 Å². The molecule has 2 aromatic heterocycles. The molecule has 17 nitrogen and oxygen atoms in total. The zero-order chi connectivity index (χ0) is 40.6. The maximum atomic E-state index is 12.6. The molecule has 4 N–H and O–H groups in total. The van der Waals surface area contributed by atoms with Gasteiger partial charge in [0.05, 0.1) is 31.3 Å². The second-order valence-electron chi connectivity index (χ2n) is 13.6. The van der Waals surface area contributed by atoms with Gasteiger partial charge in [-0.15, -0.1) is 0 Å². The van der Waals surface area contributed by atoms with E-state index < -0.39 is 15.0 Å². The van der Waals surface area contributed by atoms with Crippen molar-refractivity contribution in [1.29, 1.82) is 0 Å². The molecule has 19 heteroatoms. The van der Waals surface area contributed by atoms with Crippen LogP contribution in [-0.2, 0) is 19.6 Å². The van der Waals surface area contributed by atoms with E-state index in [1.165, 1.54) is 6.07 Å². The molecule has 0 atom stereocenters. The number of para-hydroxylation sites is 2. The van der Waals surface area contributed by atoms with Gasteiger partial charge in [0.1, 0.15) is 10.1 Å². The van der Waals surface area contributed by atoms with Gasteiger partial charge in [0.2, 0.25) is 35.7 Å². The van der Waals surface area contributed by atoms with Crippen LogP contribution >= 0.6 is 0 Å². The van der Waals surface area contributed by atoms with Crippen molar-refractivity contribution >= 4 is 80.7 Å². The normalized spacial score (nSPS) is 14.4. The van der Waals surface area contributed by atoms with Crippen molar-refractivity contribution < 1.29 is 52.0 Å². The molecule has 0 unspecified atom stereocenters. The molecule has 6 aromatic rings. The topological polar surface area (TPSA) is 208 Å². The van der Waals surface area contributed by atoms with Gasteiger partial charge >= 0.3 is 29.6 Å². The van der Waals surface area contributed by atoms with Gasteiger partial charge in [-0.1, -0.05) is 60.7 Å². The van der Waals surface area contributed by atoms with Crippen LogP contribution in [0.1, 0.15) is 16.7 Å². The Labute approximate surface area is 369 Å². The van der Waals surface area contributed by atoms with Crippen molar-refractivity contribution in [3.05, 3.63) is 114 Å². The van der Waals surface area contributed by atoms with Crippen molar-refractivity contribution in [2.75, 3.05) is 83.7 Å². The summed E-state index contributed by atoms with van der Waals surface area (Å²) in [5.41, 5.74) is 4.58. The second-order valence-corrected chi connectivity index (χ2v) is 15.0. The number of anilines is 10.